The molecule has 8 heteroatoms. The molecule has 0 saturated carbocycles. The van der Waals surface area contributed by atoms with Crippen LogP contribution in [0.4, 0.5) is 11.4 Å². The van der Waals surface area contributed by atoms with Crippen LogP contribution in [-0.4, -0.2) is 30.8 Å². The van der Waals surface area contributed by atoms with E-state index in [1.165, 1.54) is 25.8 Å². The van der Waals surface area contributed by atoms with E-state index in [1.807, 2.05) is 32.0 Å². The van der Waals surface area contributed by atoms with Crippen molar-refractivity contribution in [2.45, 2.75) is 20.3 Å². The monoisotopic (exact) mass is 389 g/mol. The van der Waals surface area contributed by atoms with Gasteiger partial charge in [-0.3, -0.25) is 10.1 Å². The van der Waals surface area contributed by atoms with E-state index in [4.69, 9.17) is 21.7 Å². The summed E-state index contributed by atoms with van der Waals surface area (Å²) in [7, 11) is 2.94. The van der Waals surface area contributed by atoms with Crippen LogP contribution in [0.5, 0.6) is 11.5 Å². The fourth-order valence-electron chi connectivity index (χ4n) is 2.64. The quantitative estimate of drug-likeness (QED) is 0.424. The van der Waals surface area contributed by atoms with Crippen LogP contribution in [0.25, 0.3) is 0 Å². The van der Waals surface area contributed by atoms with Crippen LogP contribution < -0.4 is 20.1 Å². The number of nitro benzene ring substituents is 1. The van der Waals surface area contributed by atoms with Gasteiger partial charge in [0.1, 0.15) is 0 Å². The molecule has 0 aliphatic rings. The van der Waals surface area contributed by atoms with Crippen LogP contribution in [0.1, 0.15) is 16.7 Å². The zero-order chi connectivity index (χ0) is 20.0. The van der Waals surface area contributed by atoms with Crippen LogP contribution in [-0.2, 0) is 6.42 Å². The molecule has 0 fully saturated rings. The third-order valence-corrected chi connectivity index (χ3v) is 4.56. The molecule has 0 heterocycles. The summed E-state index contributed by atoms with van der Waals surface area (Å²) in [5, 5.41) is 18.1. The second-order valence-corrected chi connectivity index (χ2v) is 6.38. The summed E-state index contributed by atoms with van der Waals surface area (Å²) in [5.74, 6) is 0.780. The lowest BCUT2D eigenvalue weighted by Crippen LogP contribution is -2.30. The number of hydrogen-bond donors (Lipinski definition) is 2. The van der Waals surface area contributed by atoms with Crippen molar-refractivity contribution < 1.29 is 14.4 Å². The number of nitro groups is 1. The lowest BCUT2D eigenvalue weighted by Gasteiger charge is -2.14. The van der Waals surface area contributed by atoms with Gasteiger partial charge in [-0.2, -0.15) is 0 Å². The van der Waals surface area contributed by atoms with E-state index in [-0.39, 0.29) is 5.69 Å². The molecule has 7 nitrogen and oxygen atoms in total. The van der Waals surface area contributed by atoms with E-state index in [2.05, 4.69) is 10.6 Å². The van der Waals surface area contributed by atoms with Gasteiger partial charge in [-0.1, -0.05) is 12.1 Å². The molecule has 144 valence electrons. The second-order valence-electron chi connectivity index (χ2n) is 5.97. The molecular formula is C19H23N3O4S. The fourth-order valence-corrected chi connectivity index (χ4v) is 2.86. The first-order valence-electron chi connectivity index (χ1n) is 8.37. The van der Waals surface area contributed by atoms with Gasteiger partial charge < -0.3 is 20.1 Å². The minimum Gasteiger partial charge on any atom is -0.493 e. The summed E-state index contributed by atoms with van der Waals surface area (Å²) in [5.41, 5.74) is 3.76. The van der Waals surface area contributed by atoms with Crippen LogP contribution in [0.3, 0.4) is 0 Å². The van der Waals surface area contributed by atoms with Crippen molar-refractivity contribution in [1.82, 2.24) is 5.32 Å². The molecule has 2 N–H and O–H groups in total. The Morgan fingerprint density at radius 3 is 2.48 bits per heavy atom. The summed E-state index contributed by atoms with van der Waals surface area (Å²) >= 11 is 5.33. The number of thiocarbonyl (C=S) groups is 1. The van der Waals surface area contributed by atoms with E-state index in [0.29, 0.717) is 35.1 Å². The highest BCUT2D eigenvalue weighted by molar-refractivity contribution is 7.80. The standard InChI is InChI=1S/C19H23N3O4S/c1-12-6-5-7-15(13(12)2)21-19(27)20-9-8-14-10-17(25-3)18(26-4)11-16(14)22(23)24/h5-7,10-11H,8-9H2,1-4H3,(H2,20,21,27). The molecule has 2 rings (SSSR count). The van der Waals surface area contributed by atoms with Crippen LogP contribution in [0.15, 0.2) is 30.3 Å². The molecule has 0 radical (unpaired) electrons. The maximum absolute atomic E-state index is 11.3. The van der Waals surface area contributed by atoms with Crippen LogP contribution in [0.2, 0.25) is 0 Å². The predicted octanol–water partition coefficient (Wildman–Crippen LogP) is 3.76. The topological polar surface area (TPSA) is 85.7 Å². The first-order chi connectivity index (χ1) is 12.9. The zero-order valence-electron chi connectivity index (χ0n) is 15.8. The number of nitrogens with zero attached hydrogens (tertiary/aromatic N) is 1. The molecule has 2 aromatic carbocycles. The number of anilines is 1. The van der Waals surface area contributed by atoms with Gasteiger partial charge in [0.05, 0.1) is 25.2 Å². The zero-order valence-corrected chi connectivity index (χ0v) is 16.6. The number of nitrogens with one attached hydrogen (secondary N) is 2. The van der Waals surface area contributed by atoms with Crippen molar-refractivity contribution in [3.05, 3.63) is 57.1 Å². The number of hydrogen-bond acceptors (Lipinski definition) is 5. The Kier molecular flexibility index (Phi) is 6.95. The smallest absolute Gasteiger partial charge is 0.276 e. The number of aryl methyl sites for hydroxylation is 1. The van der Waals surface area contributed by atoms with Crippen molar-refractivity contribution in [3.63, 3.8) is 0 Å². The first kappa shape index (κ1) is 20.4. The molecule has 0 spiro atoms. The Balaban J connectivity index is 2.04. The van der Waals surface area contributed by atoms with E-state index in [1.54, 1.807) is 6.07 Å². The molecule has 0 unspecified atom stereocenters. The molecule has 0 aliphatic carbocycles. The molecule has 0 bridgehead atoms. The van der Waals surface area contributed by atoms with Crippen molar-refractivity contribution >= 4 is 28.7 Å². The normalized spacial score (nSPS) is 10.2. The summed E-state index contributed by atoms with van der Waals surface area (Å²) in [6.07, 6.45) is 0.408. The Morgan fingerprint density at radius 2 is 1.85 bits per heavy atom. The minimum atomic E-state index is -0.427. The highest BCUT2D eigenvalue weighted by Gasteiger charge is 2.19. The van der Waals surface area contributed by atoms with Gasteiger partial charge in [0.2, 0.25) is 0 Å². The van der Waals surface area contributed by atoms with Crippen molar-refractivity contribution in [2.75, 3.05) is 26.1 Å². The average Bonchev–Trinajstić information content (AvgIpc) is 2.64. The largest absolute Gasteiger partial charge is 0.493 e. The summed E-state index contributed by atoms with van der Waals surface area (Å²) in [4.78, 5) is 10.9. The van der Waals surface area contributed by atoms with Gasteiger partial charge >= 0.3 is 0 Å². The highest BCUT2D eigenvalue weighted by Crippen LogP contribution is 2.34. The maximum atomic E-state index is 11.3. The number of methoxy groups -OCH3 is 2. The molecular weight excluding hydrogens is 366 g/mol. The van der Waals surface area contributed by atoms with Gasteiger partial charge in [0, 0.05) is 17.8 Å². The highest BCUT2D eigenvalue weighted by atomic mass is 32.1. The van der Waals surface area contributed by atoms with E-state index in [0.717, 1.165) is 11.3 Å². The van der Waals surface area contributed by atoms with Crippen molar-refractivity contribution in [1.29, 1.82) is 0 Å². The van der Waals surface area contributed by atoms with Gasteiger partial charge in [0.25, 0.3) is 5.69 Å². The number of ether oxygens (including phenoxy) is 2. The molecule has 2 aromatic rings. The lowest BCUT2D eigenvalue weighted by atomic mass is 10.1. The Labute approximate surface area is 163 Å². The maximum Gasteiger partial charge on any atom is 0.276 e. The first-order valence-corrected chi connectivity index (χ1v) is 8.78. The Hall–Kier alpha value is -2.87. The van der Waals surface area contributed by atoms with E-state index < -0.39 is 4.92 Å². The van der Waals surface area contributed by atoms with Gasteiger partial charge in [-0.05, 0) is 55.7 Å². The molecule has 0 amide bonds. The summed E-state index contributed by atoms with van der Waals surface area (Å²) < 4.78 is 10.4. The van der Waals surface area contributed by atoms with E-state index in [9.17, 15) is 10.1 Å². The van der Waals surface area contributed by atoms with Crippen molar-refractivity contribution in [3.8, 4) is 11.5 Å². The molecule has 0 aromatic heterocycles. The van der Waals surface area contributed by atoms with Crippen LogP contribution >= 0.6 is 12.2 Å². The summed E-state index contributed by atoms with van der Waals surface area (Å²) in [6, 6.07) is 8.95. The van der Waals surface area contributed by atoms with Gasteiger partial charge in [0.15, 0.2) is 16.6 Å². The third kappa shape index (κ3) is 5.07. The number of benzene rings is 2. The molecule has 27 heavy (non-hydrogen) atoms. The SMILES string of the molecule is COc1cc(CCNC(=S)Nc2cccc(C)c2C)c([N+](=O)[O-])cc1OC. The average molecular weight is 389 g/mol. The van der Waals surface area contributed by atoms with Crippen molar-refractivity contribution in [2.24, 2.45) is 0 Å². The third-order valence-electron chi connectivity index (χ3n) is 4.31. The summed E-state index contributed by atoms with van der Waals surface area (Å²) in [6.45, 7) is 4.49. The Bertz CT molecular complexity index is 855. The minimum absolute atomic E-state index is 0.0112. The lowest BCUT2D eigenvalue weighted by molar-refractivity contribution is -0.385. The van der Waals surface area contributed by atoms with Gasteiger partial charge in [-0.15, -0.1) is 0 Å². The second kappa shape index (κ2) is 9.18. The number of rotatable bonds is 7. The predicted molar refractivity (Wildman–Crippen MR) is 110 cm³/mol. The van der Waals surface area contributed by atoms with Crippen LogP contribution in [0, 0.1) is 24.0 Å². The fraction of sp³-hybridized carbons (Fsp3) is 0.316. The van der Waals surface area contributed by atoms with Gasteiger partial charge in [-0.25, -0.2) is 0 Å². The molecule has 0 atom stereocenters. The van der Waals surface area contributed by atoms with E-state index >= 15 is 0 Å². The molecule has 0 aliphatic heterocycles. The molecule has 0 saturated heterocycles. The Morgan fingerprint density at radius 1 is 1.19 bits per heavy atom.